The molecule has 0 bridgehead atoms. The van der Waals surface area contributed by atoms with Gasteiger partial charge < -0.3 is 17.0 Å². The van der Waals surface area contributed by atoms with Crippen molar-refractivity contribution in [2.45, 2.75) is 6.92 Å². The predicted octanol–water partition coefficient (Wildman–Crippen LogP) is -1.54. The van der Waals surface area contributed by atoms with Crippen molar-refractivity contribution in [1.29, 1.82) is 0 Å². The van der Waals surface area contributed by atoms with Crippen molar-refractivity contribution in [1.82, 2.24) is 0 Å². The van der Waals surface area contributed by atoms with Gasteiger partial charge in [0.15, 0.2) is 0 Å². The van der Waals surface area contributed by atoms with Gasteiger partial charge in [-0.3, -0.25) is 0 Å². The zero-order chi connectivity index (χ0) is 5.11. The molecule has 0 saturated heterocycles. The van der Waals surface area contributed by atoms with E-state index in [9.17, 15) is 0 Å². The zero-order valence-corrected chi connectivity index (χ0v) is 7.69. The summed E-state index contributed by atoms with van der Waals surface area (Å²) in [5, 5.41) is 0. The molecule has 0 atom stereocenters. The molecule has 0 nitrogen and oxygen atoms in total. The van der Waals surface area contributed by atoms with Crippen LogP contribution in [0.3, 0.4) is 0 Å². The fourth-order valence-corrected chi connectivity index (χ4v) is 0.534. The normalized spacial score (nSPS) is 6.78. The lowest BCUT2D eigenvalue weighted by molar-refractivity contribution is -0.00100. The van der Waals surface area contributed by atoms with Crippen LogP contribution < -0.4 is 17.0 Å². The van der Waals surface area contributed by atoms with Crippen LogP contribution in [0.15, 0.2) is 30.3 Å². The molecule has 0 N–H and O–H groups in total. The van der Waals surface area contributed by atoms with Gasteiger partial charge in [-0.2, -0.15) is 0 Å². The lowest BCUT2D eigenvalue weighted by Gasteiger charge is -1.82. The summed E-state index contributed by atoms with van der Waals surface area (Å²) >= 11 is 0. The van der Waals surface area contributed by atoms with Crippen LogP contribution in [0, 0.1) is 19.3 Å². The molecular weight excluding hydrogens is 199 g/mol. The first-order valence-corrected chi connectivity index (χ1v) is 2.41. The third-order valence-corrected chi connectivity index (χ3v) is 0.940. The second-order valence-electron chi connectivity index (χ2n) is 1.65. The van der Waals surface area contributed by atoms with Crippen molar-refractivity contribution >= 4 is 0 Å². The number of rotatable bonds is 0. The van der Waals surface area contributed by atoms with Crippen LogP contribution in [0.5, 0.6) is 0 Å². The van der Waals surface area contributed by atoms with Gasteiger partial charge in [-0.05, 0) is 6.92 Å². The van der Waals surface area contributed by atoms with Gasteiger partial charge in [-0.1, -0.05) is 35.9 Å². The summed E-state index contributed by atoms with van der Waals surface area (Å²) < 4.78 is 0. The second-order valence-corrected chi connectivity index (χ2v) is 1.65. The highest BCUT2D eigenvalue weighted by atomic mass is 79.9. The summed E-state index contributed by atoms with van der Waals surface area (Å²) in [6.07, 6.45) is 0. The average Bonchev–Trinajstić information content (AvgIpc) is 1.69. The van der Waals surface area contributed by atoms with Crippen LogP contribution >= 0.6 is 0 Å². The molecule has 52 valence electrons. The van der Waals surface area contributed by atoms with Gasteiger partial charge in [0.2, 0.25) is 0 Å². The molecule has 0 aromatic heterocycles. The van der Waals surface area contributed by atoms with E-state index < -0.39 is 0 Å². The van der Waals surface area contributed by atoms with Crippen molar-refractivity contribution in [2.75, 3.05) is 0 Å². The fourth-order valence-electron chi connectivity index (χ4n) is 0.534. The van der Waals surface area contributed by atoms with Crippen LogP contribution in [-0.2, 0) is 0 Å². The van der Waals surface area contributed by atoms with Crippen LogP contribution in [0.25, 0.3) is 0 Å². The molecular formula is C7H10BrCl. The third-order valence-electron chi connectivity index (χ3n) is 0.940. The first kappa shape index (κ1) is 11.7. The highest BCUT2D eigenvalue weighted by molar-refractivity contribution is 5.11. The summed E-state index contributed by atoms with van der Waals surface area (Å²) in [4.78, 5) is 0. The zero-order valence-electron chi connectivity index (χ0n) is 5.21. The Bertz CT molecular complexity index is 139. The number of halogens is 2. The van der Waals surface area contributed by atoms with E-state index in [-0.39, 0.29) is 29.4 Å². The van der Waals surface area contributed by atoms with Crippen molar-refractivity contribution in [3.05, 3.63) is 35.9 Å². The van der Waals surface area contributed by atoms with Crippen molar-refractivity contribution < 1.29 is 29.4 Å². The van der Waals surface area contributed by atoms with Crippen LogP contribution in [0.2, 0.25) is 0 Å². The Morgan fingerprint density at radius 1 is 1.00 bits per heavy atom. The van der Waals surface area contributed by atoms with E-state index in [0.717, 1.165) is 0 Å². The lowest BCUT2D eigenvalue weighted by Crippen LogP contribution is -3.00. The van der Waals surface area contributed by atoms with E-state index in [4.69, 9.17) is 0 Å². The van der Waals surface area contributed by atoms with Crippen LogP contribution in [0.4, 0.5) is 0 Å². The minimum absolute atomic E-state index is 0. The molecule has 1 aromatic carbocycles. The fraction of sp³-hybridized carbons (Fsp3) is 0.143. The van der Waals surface area contributed by atoms with E-state index in [1.54, 1.807) is 0 Å². The Hall–Kier alpha value is -0.0100. The Labute approximate surface area is 72.5 Å². The number of hydrogen-bond donors (Lipinski definition) is 0. The molecule has 0 radical (unpaired) electrons. The Morgan fingerprint density at radius 2 is 1.44 bits per heavy atom. The summed E-state index contributed by atoms with van der Waals surface area (Å²) in [7, 11) is 0. The maximum absolute atomic E-state index is 2.08. The second kappa shape index (κ2) is 6.12. The monoisotopic (exact) mass is 208 g/mol. The molecule has 0 fully saturated rings. The van der Waals surface area contributed by atoms with Gasteiger partial charge in [-0.25, -0.2) is 0 Å². The largest absolute Gasteiger partial charge is 1.00 e. The first-order valence-electron chi connectivity index (χ1n) is 2.41. The van der Waals surface area contributed by atoms with Crippen molar-refractivity contribution in [3.63, 3.8) is 0 Å². The van der Waals surface area contributed by atoms with E-state index >= 15 is 0 Å². The smallest absolute Gasteiger partial charge is 0.0903 e. The highest BCUT2D eigenvalue weighted by Gasteiger charge is 1.72. The van der Waals surface area contributed by atoms with E-state index in [0.29, 0.717) is 0 Å². The lowest BCUT2D eigenvalue weighted by atomic mass is 10.2. The molecule has 0 aliphatic heterocycles. The Kier molecular flexibility index (Phi) is 7.98. The highest BCUT2D eigenvalue weighted by Crippen LogP contribution is 1.92. The maximum Gasteiger partial charge on any atom is 0.0903 e. The minimum Gasteiger partial charge on any atom is -1.00 e. The molecule has 0 aliphatic rings. The number of hydrogen-bond acceptors (Lipinski definition) is 0. The van der Waals surface area contributed by atoms with E-state index in [1.165, 1.54) is 5.56 Å². The summed E-state index contributed by atoms with van der Waals surface area (Å²) in [5.74, 6) is 0. The van der Waals surface area contributed by atoms with Gasteiger partial charge in [-0.15, -0.1) is 0 Å². The first-order chi connectivity index (χ1) is 3.39. The molecule has 1 rings (SSSR count). The standard InChI is InChI=1S/C7H8.BrH.ClH2/c1-7-5-3-2-4-6-7;;/h2-6H,1H3;1H;1H2/q;;+1/p-1. The maximum atomic E-state index is 2.08. The van der Waals surface area contributed by atoms with Gasteiger partial charge >= 0.3 is 0 Å². The van der Waals surface area contributed by atoms with Gasteiger partial charge in [0.1, 0.15) is 0 Å². The Balaban J connectivity index is 0. The van der Waals surface area contributed by atoms with Crippen LogP contribution in [0.1, 0.15) is 5.56 Å². The molecule has 0 heterocycles. The molecule has 1 aromatic rings. The molecule has 0 spiro atoms. The van der Waals surface area contributed by atoms with Crippen LogP contribution in [-0.4, -0.2) is 0 Å². The summed E-state index contributed by atoms with van der Waals surface area (Å²) in [6.45, 7) is 2.08. The van der Waals surface area contributed by atoms with E-state index in [2.05, 4.69) is 19.1 Å². The Morgan fingerprint density at radius 3 is 1.67 bits per heavy atom. The van der Waals surface area contributed by atoms with Gasteiger partial charge in [0.25, 0.3) is 0 Å². The molecule has 0 aliphatic carbocycles. The molecule has 9 heavy (non-hydrogen) atoms. The summed E-state index contributed by atoms with van der Waals surface area (Å²) in [6, 6.07) is 10.3. The molecule has 0 amide bonds. The minimum atomic E-state index is 0. The molecule has 2 heteroatoms. The molecule has 0 unspecified atom stereocenters. The summed E-state index contributed by atoms with van der Waals surface area (Å²) in [5.41, 5.74) is 1.32. The van der Waals surface area contributed by atoms with Crippen molar-refractivity contribution in [3.8, 4) is 0 Å². The average molecular weight is 210 g/mol. The van der Waals surface area contributed by atoms with Gasteiger partial charge in [0, 0.05) is 0 Å². The molecule has 0 saturated carbocycles. The topological polar surface area (TPSA) is 0 Å². The number of aryl methyl sites for hydroxylation is 1. The van der Waals surface area contributed by atoms with Gasteiger partial charge in [0.05, 0.1) is 12.4 Å². The number of benzene rings is 1. The quantitative estimate of drug-likeness (QED) is 0.486. The predicted molar refractivity (Wildman–Crippen MR) is 34.0 cm³/mol. The third kappa shape index (κ3) is 4.49. The van der Waals surface area contributed by atoms with Crippen molar-refractivity contribution in [2.24, 2.45) is 0 Å². The SMILES string of the molecule is Cc1ccccc1.[Br-].[ClH2+]. The van der Waals surface area contributed by atoms with E-state index in [1.807, 2.05) is 18.2 Å².